The first-order chi connectivity index (χ1) is 19.9. The molecule has 0 saturated carbocycles. The lowest BCUT2D eigenvalue weighted by Gasteiger charge is -2.29. The van der Waals surface area contributed by atoms with E-state index < -0.39 is 11.0 Å². The number of amides is 1. The first-order valence-corrected chi connectivity index (χ1v) is 14.2. The van der Waals surface area contributed by atoms with Gasteiger partial charge < -0.3 is 15.5 Å². The minimum absolute atomic E-state index is 0.0482. The van der Waals surface area contributed by atoms with Crippen LogP contribution in [0.5, 0.6) is 0 Å². The van der Waals surface area contributed by atoms with E-state index in [1.54, 1.807) is 41.3 Å². The Bertz CT molecular complexity index is 1570. The number of non-ortho nitro benzene ring substituents is 1. The van der Waals surface area contributed by atoms with Crippen LogP contribution in [0.2, 0.25) is 0 Å². The van der Waals surface area contributed by atoms with Crippen molar-refractivity contribution in [1.29, 1.82) is 0 Å². The van der Waals surface area contributed by atoms with E-state index in [2.05, 4.69) is 46.5 Å². The van der Waals surface area contributed by atoms with Crippen LogP contribution in [0, 0.1) is 10.1 Å². The lowest BCUT2D eigenvalue weighted by molar-refractivity contribution is -0.384. The van der Waals surface area contributed by atoms with Crippen molar-refractivity contribution in [2.24, 2.45) is 0 Å². The van der Waals surface area contributed by atoms with E-state index in [0.29, 0.717) is 33.8 Å². The van der Waals surface area contributed by atoms with Crippen molar-refractivity contribution >= 4 is 40.7 Å². The number of benzene rings is 2. The van der Waals surface area contributed by atoms with Gasteiger partial charge in [0.25, 0.3) is 11.6 Å². The fraction of sp³-hybridized carbons (Fsp3) is 0.241. The molecule has 4 aromatic rings. The summed E-state index contributed by atoms with van der Waals surface area (Å²) < 4.78 is 1.75. The van der Waals surface area contributed by atoms with Crippen LogP contribution in [0.15, 0.2) is 89.5 Å². The summed E-state index contributed by atoms with van der Waals surface area (Å²) in [6, 6.07) is 17.7. The number of carbonyl (C=O) groups is 1. The molecule has 0 aliphatic carbocycles. The van der Waals surface area contributed by atoms with Gasteiger partial charge in [-0.05, 0) is 56.2 Å². The van der Waals surface area contributed by atoms with E-state index in [0.717, 1.165) is 29.9 Å². The third-order valence-corrected chi connectivity index (χ3v) is 7.76. The third kappa shape index (κ3) is 6.07. The zero-order valence-corrected chi connectivity index (χ0v) is 23.8. The minimum Gasteiger partial charge on any atom is -0.372 e. The van der Waals surface area contributed by atoms with Gasteiger partial charge in [-0.15, -0.1) is 5.10 Å². The highest BCUT2D eigenvalue weighted by atomic mass is 32.2. The summed E-state index contributed by atoms with van der Waals surface area (Å²) in [7, 11) is 0. The number of thioether (sulfide) groups is 1. The number of pyridine rings is 1. The number of nitro benzene ring substituents is 1. The van der Waals surface area contributed by atoms with Crippen molar-refractivity contribution in [2.75, 3.05) is 28.6 Å². The zero-order chi connectivity index (χ0) is 28.9. The van der Waals surface area contributed by atoms with E-state index in [-0.39, 0.29) is 11.6 Å². The Balaban J connectivity index is 1.47. The van der Waals surface area contributed by atoms with Gasteiger partial charge in [-0.2, -0.15) is 4.98 Å². The predicted octanol–water partition coefficient (Wildman–Crippen LogP) is 5.65. The molecule has 41 heavy (non-hydrogen) atoms. The number of hydrogen-bond donors (Lipinski definition) is 2. The largest absolute Gasteiger partial charge is 0.372 e. The van der Waals surface area contributed by atoms with Gasteiger partial charge in [-0.25, -0.2) is 4.68 Å². The van der Waals surface area contributed by atoms with Gasteiger partial charge >= 0.3 is 0 Å². The fourth-order valence-electron chi connectivity index (χ4n) is 4.75. The van der Waals surface area contributed by atoms with Gasteiger partial charge in [0, 0.05) is 48.6 Å². The Kier molecular flexibility index (Phi) is 8.29. The third-order valence-electron chi connectivity index (χ3n) is 6.85. The SMILES string of the molecule is CCN(CC)c1ccc(C2C(C(=O)Nc3cccnc3)=C(C)Nc3nc(SCc4ccc([N+](=O)[O-])cc4)nn32)cc1. The number of anilines is 3. The number of nitro groups is 1. The molecule has 210 valence electrons. The Hall–Kier alpha value is -4.71. The van der Waals surface area contributed by atoms with E-state index in [1.165, 1.54) is 23.9 Å². The van der Waals surface area contributed by atoms with Crippen LogP contribution in [0.3, 0.4) is 0 Å². The van der Waals surface area contributed by atoms with Crippen molar-refractivity contribution in [3.8, 4) is 0 Å². The van der Waals surface area contributed by atoms with Crippen LogP contribution in [-0.4, -0.2) is 43.7 Å². The molecule has 5 rings (SSSR count). The number of fused-ring (bicyclic) bond motifs is 1. The number of rotatable bonds is 10. The summed E-state index contributed by atoms with van der Waals surface area (Å²) in [5.74, 6) is 0.803. The molecule has 11 nitrogen and oxygen atoms in total. The molecule has 1 amide bonds. The Morgan fingerprint density at radius 1 is 1.12 bits per heavy atom. The maximum absolute atomic E-state index is 13.7. The molecule has 2 aromatic heterocycles. The van der Waals surface area contributed by atoms with Gasteiger partial charge in [-0.3, -0.25) is 19.9 Å². The summed E-state index contributed by atoms with van der Waals surface area (Å²) >= 11 is 1.42. The highest BCUT2D eigenvalue weighted by Crippen LogP contribution is 2.37. The van der Waals surface area contributed by atoms with Crippen LogP contribution in [0.4, 0.5) is 23.0 Å². The quantitative estimate of drug-likeness (QED) is 0.141. The van der Waals surface area contributed by atoms with Gasteiger partial charge in [0.1, 0.15) is 6.04 Å². The molecule has 0 fully saturated rings. The second-order valence-electron chi connectivity index (χ2n) is 9.40. The molecule has 0 bridgehead atoms. The summed E-state index contributed by atoms with van der Waals surface area (Å²) in [4.78, 5) is 35.3. The number of nitrogens with one attached hydrogen (secondary N) is 2. The van der Waals surface area contributed by atoms with E-state index >= 15 is 0 Å². The molecule has 2 aromatic carbocycles. The normalized spacial score (nSPS) is 14.3. The molecule has 1 aliphatic rings. The van der Waals surface area contributed by atoms with Crippen LogP contribution < -0.4 is 15.5 Å². The van der Waals surface area contributed by atoms with E-state index in [9.17, 15) is 14.9 Å². The summed E-state index contributed by atoms with van der Waals surface area (Å²) in [5, 5.41) is 22.5. The number of nitrogens with zero attached hydrogens (tertiary/aromatic N) is 6. The molecule has 3 heterocycles. The average molecular weight is 571 g/mol. The highest BCUT2D eigenvalue weighted by molar-refractivity contribution is 7.98. The maximum Gasteiger partial charge on any atom is 0.269 e. The minimum atomic E-state index is -0.519. The molecule has 1 atom stereocenters. The summed E-state index contributed by atoms with van der Waals surface area (Å²) in [5.41, 5.74) is 4.76. The van der Waals surface area contributed by atoms with Crippen molar-refractivity contribution in [1.82, 2.24) is 19.7 Å². The van der Waals surface area contributed by atoms with E-state index in [4.69, 9.17) is 10.1 Å². The highest BCUT2D eigenvalue weighted by Gasteiger charge is 2.34. The Morgan fingerprint density at radius 3 is 2.49 bits per heavy atom. The molecule has 0 saturated heterocycles. The van der Waals surface area contributed by atoms with E-state index in [1.807, 2.05) is 19.1 Å². The molecule has 2 N–H and O–H groups in total. The smallest absolute Gasteiger partial charge is 0.269 e. The Labute approximate surface area is 241 Å². The van der Waals surface area contributed by atoms with Crippen molar-refractivity contribution in [2.45, 2.75) is 37.7 Å². The molecule has 0 spiro atoms. The molecule has 0 radical (unpaired) electrons. The molecule has 12 heteroatoms. The van der Waals surface area contributed by atoms with Crippen molar-refractivity contribution < 1.29 is 9.72 Å². The fourth-order valence-corrected chi connectivity index (χ4v) is 5.53. The predicted molar refractivity (Wildman–Crippen MR) is 160 cm³/mol. The number of allylic oxidation sites excluding steroid dienone is 1. The number of aromatic nitrogens is 4. The number of carbonyl (C=O) groups excluding carboxylic acids is 1. The van der Waals surface area contributed by atoms with Gasteiger partial charge in [0.15, 0.2) is 0 Å². The lowest BCUT2D eigenvalue weighted by atomic mass is 9.94. The topological polar surface area (TPSA) is 131 Å². The second kappa shape index (κ2) is 12.2. The van der Waals surface area contributed by atoms with Gasteiger partial charge in [0.2, 0.25) is 11.1 Å². The van der Waals surface area contributed by atoms with Gasteiger partial charge in [0.05, 0.1) is 22.4 Å². The first-order valence-electron chi connectivity index (χ1n) is 13.2. The van der Waals surface area contributed by atoms with Crippen LogP contribution in [-0.2, 0) is 10.5 Å². The Morgan fingerprint density at radius 2 is 1.85 bits per heavy atom. The zero-order valence-electron chi connectivity index (χ0n) is 22.9. The first kappa shape index (κ1) is 27.8. The summed E-state index contributed by atoms with van der Waals surface area (Å²) in [6.45, 7) is 7.88. The lowest BCUT2D eigenvalue weighted by Crippen LogP contribution is -2.31. The van der Waals surface area contributed by atoms with Crippen molar-refractivity contribution in [3.63, 3.8) is 0 Å². The summed E-state index contributed by atoms with van der Waals surface area (Å²) in [6.07, 6.45) is 3.26. The van der Waals surface area contributed by atoms with Crippen LogP contribution >= 0.6 is 11.8 Å². The second-order valence-corrected chi connectivity index (χ2v) is 10.3. The molecule has 1 unspecified atom stereocenters. The standard InChI is InChI=1S/C29H30N8O3S/c1-4-35(5-2)23-14-10-21(11-15-23)26-25(27(38)32-22-7-6-16-30-17-22)19(3)31-28-33-29(34-36(26)28)41-18-20-8-12-24(13-9-20)37(39)40/h6-17,26H,4-5,18H2,1-3H3,(H,32,38)(H,31,33,34). The van der Waals surface area contributed by atoms with Gasteiger partial charge in [-0.1, -0.05) is 36.0 Å². The van der Waals surface area contributed by atoms with Crippen LogP contribution in [0.25, 0.3) is 0 Å². The molecular formula is C29H30N8O3S. The number of hydrogen-bond acceptors (Lipinski definition) is 9. The maximum atomic E-state index is 13.7. The van der Waals surface area contributed by atoms with Crippen LogP contribution in [0.1, 0.15) is 37.9 Å². The van der Waals surface area contributed by atoms with Crippen molar-refractivity contribution in [3.05, 3.63) is 106 Å². The molecule has 1 aliphatic heterocycles. The molecular weight excluding hydrogens is 540 g/mol. The average Bonchev–Trinajstić information content (AvgIpc) is 3.39. The monoisotopic (exact) mass is 570 g/mol.